The van der Waals surface area contributed by atoms with Crippen molar-refractivity contribution in [2.24, 2.45) is 0 Å². The van der Waals surface area contributed by atoms with Crippen molar-refractivity contribution in [1.29, 1.82) is 0 Å². The van der Waals surface area contributed by atoms with Gasteiger partial charge in [-0.1, -0.05) is 0 Å². The molecule has 2 aliphatic carbocycles. The first-order valence-corrected chi connectivity index (χ1v) is 7.45. The van der Waals surface area contributed by atoms with E-state index >= 15 is 0 Å². The second-order valence-electron chi connectivity index (χ2n) is 3.63. The van der Waals surface area contributed by atoms with Gasteiger partial charge in [-0.3, -0.25) is 0 Å². The molecule has 0 atom stereocenters. The summed E-state index contributed by atoms with van der Waals surface area (Å²) in [5, 5.41) is 7.57. The van der Waals surface area contributed by atoms with Crippen LogP contribution in [0.25, 0.3) is 0 Å². The van der Waals surface area contributed by atoms with Gasteiger partial charge in [-0.2, -0.15) is 6.08 Å². The molecular weight excluding hydrogens is 367 g/mol. The van der Waals surface area contributed by atoms with Crippen molar-refractivity contribution < 1.29 is 40.8 Å². The van der Waals surface area contributed by atoms with E-state index in [4.69, 9.17) is 14.6 Å². The Morgan fingerprint density at radius 3 is 1.13 bits per heavy atom. The van der Waals surface area contributed by atoms with Crippen molar-refractivity contribution in [1.82, 2.24) is 0 Å². The van der Waals surface area contributed by atoms with Crippen LogP contribution in [-0.4, -0.2) is 24.9 Å². The molecule has 0 heterocycles. The minimum atomic E-state index is 0. The average Bonchev–Trinajstić information content (AvgIpc) is 3.25. The molecule has 0 aromatic heterocycles. The Kier molecular flexibility index (Phi) is 32.6. The number of hydrogen-bond donors (Lipinski definition) is 1. The van der Waals surface area contributed by atoms with Gasteiger partial charge in [0.25, 0.3) is 0 Å². The number of aliphatic hydroxyl groups is 1. The zero-order valence-corrected chi connectivity index (χ0v) is 16.9. The maximum atomic E-state index is 7.57. The average molecular weight is 397 g/mol. The Morgan fingerprint density at radius 2 is 1.00 bits per heavy atom. The summed E-state index contributed by atoms with van der Waals surface area (Å²) in [5.74, 6) is 0.514. The summed E-state index contributed by atoms with van der Waals surface area (Å²) in [4.78, 5) is 0. The maximum absolute atomic E-state index is 7.57. The van der Waals surface area contributed by atoms with Crippen LogP contribution in [-0.2, 0) is 35.7 Å². The number of aliphatic hydroxyl groups excluding tert-OH is 1. The van der Waals surface area contributed by atoms with Crippen LogP contribution < -0.4 is 0 Å². The topological polar surface area (TPSA) is 38.7 Å². The van der Waals surface area contributed by atoms with Gasteiger partial charge in [0.15, 0.2) is 0 Å². The Morgan fingerprint density at radius 1 is 0.783 bits per heavy atom. The van der Waals surface area contributed by atoms with Crippen molar-refractivity contribution in [3.63, 3.8) is 0 Å². The number of ether oxygens (including phenoxy) is 2. The monoisotopic (exact) mass is 395 g/mol. The van der Waals surface area contributed by atoms with Crippen molar-refractivity contribution >= 4 is 0 Å². The van der Waals surface area contributed by atoms with Crippen molar-refractivity contribution in [3.8, 4) is 0 Å². The second-order valence-corrected chi connectivity index (χ2v) is 3.63. The molecule has 128 valence electrons. The summed E-state index contributed by atoms with van der Waals surface area (Å²) in [6, 6.07) is 0. The van der Waals surface area contributed by atoms with Gasteiger partial charge in [0.1, 0.15) is 5.95 Å². The van der Waals surface area contributed by atoms with Crippen LogP contribution in [0.5, 0.6) is 0 Å². The quantitative estimate of drug-likeness (QED) is 0.581. The van der Waals surface area contributed by atoms with E-state index in [2.05, 4.69) is 6.92 Å². The summed E-state index contributed by atoms with van der Waals surface area (Å²) >= 11 is 0. The second kappa shape index (κ2) is 26.9. The fourth-order valence-corrected chi connectivity index (χ4v) is 1.09. The standard InChI is InChI=1S/C7H13O2.2C5H5.C2H6O.Zr/c1-4-7(8-5-2)9-6-3;2*1-2-4-5-3-1;1-2-3;/h4H,1,5-6H2,2-3H3;2*1-5H;3H,2H2,1H3;/q-1;;;;. The predicted octanol–water partition coefficient (Wildman–Crippen LogP) is 3.77. The van der Waals surface area contributed by atoms with Crippen LogP contribution in [0, 0.1) is 71.1 Å². The molecule has 2 aliphatic rings. The molecule has 0 bridgehead atoms. The predicted molar refractivity (Wildman–Crippen MR) is 92.5 cm³/mol. The van der Waals surface area contributed by atoms with Gasteiger partial charge in [0, 0.05) is 32.8 Å². The van der Waals surface area contributed by atoms with Crippen molar-refractivity contribution in [2.75, 3.05) is 19.8 Å². The molecule has 0 unspecified atom stereocenters. The van der Waals surface area contributed by atoms with E-state index in [0.717, 1.165) is 0 Å². The molecule has 0 spiro atoms. The van der Waals surface area contributed by atoms with E-state index in [0.29, 0.717) is 19.2 Å². The molecule has 0 amide bonds. The van der Waals surface area contributed by atoms with Gasteiger partial charge in [-0.05, 0) is 85.0 Å². The fourth-order valence-electron chi connectivity index (χ4n) is 1.09. The van der Waals surface area contributed by atoms with E-state index in [1.807, 2.05) is 78.1 Å². The molecule has 2 fully saturated rings. The van der Waals surface area contributed by atoms with Gasteiger partial charge in [-0.25, -0.2) is 6.92 Å². The summed E-state index contributed by atoms with van der Waals surface area (Å²) in [6.45, 7) is 10.5. The van der Waals surface area contributed by atoms with Crippen LogP contribution in [0.3, 0.4) is 0 Å². The van der Waals surface area contributed by atoms with E-state index in [-0.39, 0.29) is 32.8 Å². The summed E-state index contributed by atoms with van der Waals surface area (Å²) in [5.41, 5.74) is 0. The molecule has 2 saturated carbocycles. The molecule has 0 aromatic carbocycles. The summed E-state index contributed by atoms with van der Waals surface area (Å²) in [6.07, 6.45) is 21.6. The molecule has 1 N–H and O–H groups in total. The number of hydrogen-bond acceptors (Lipinski definition) is 3. The third kappa shape index (κ3) is 27.2. The molecule has 0 aliphatic heterocycles. The van der Waals surface area contributed by atoms with Gasteiger partial charge in [-0.15, -0.1) is 0 Å². The zero-order valence-electron chi connectivity index (χ0n) is 14.4. The first-order chi connectivity index (χ1) is 10.8. The third-order valence-corrected chi connectivity index (χ3v) is 1.85. The maximum Gasteiger partial charge on any atom is 0.117 e. The molecule has 3 nitrogen and oxygen atoms in total. The first kappa shape index (κ1) is 27.9. The summed E-state index contributed by atoms with van der Waals surface area (Å²) in [7, 11) is 0. The van der Waals surface area contributed by atoms with Crippen molar-refractivity contribution in [2.45, 2.75) is 20.8 Å². The van der Waals surface area contributed by atoms with Gasteiger partial charge in [0.2, 0.25) is 0 Å². The molecule has 23 heavy (non-hydrogen) atoms. The molecule has 10 radical (unpaired) electrons. The molecular formula is C19H29O3Zr-. The Hall–Kier alpha value is 0.0531. The molecule has 2 rings (SSSR count). The summed E-state index contributed by atoms with van der Waals surface area (Å²) < 4.78 is 10.0. The zero-order chi connectivity index (χ0) is 16.9. The van der Waals surface area contributed by atoms with Crippen LogP contribution in [0.1, 0.15) is 20.8 Å². The Balaban J connectivity index is -0.000000245. The van der Waals surface area contributed by atoms with Crippen molar-refractivity contribution in [3.05, 3.63) is 83.2 Å². The first-order valence-electron chi connectivity index (χ1n) is 7.45. The number of rotatable bonds is 4. The van der Waals surface area contributed by atoms with E-state index in [1.165, 1.54) is 0 Å². The van der Waals surface area contributed by atoms with E-state index in [9.17, 15) is 0 Å². The Bertz CT molecular complexity index is 179. The Labute approximate surface area is 164 Å². The molecule has 4 heteroatoms. The van der Waals surface area contributed by atoms with Crippen LogP contribution in [0.15, 0.2) is 12.0 Å². The molecule has 0 saturated heterocycles. The normalized spacial score (nSPS) is 14.4. The van der Waals surface area contributed by atoms with Crippen LogP contribution in [0.2, 0.25) is 0 Å². The van der Waals surface area contributed by atoms with Gasteiger partial charge >= 0.3 is 0 Å². The van der Waals surface area contributed by atoms with Crippen LogP contribution >= 0.6 is 0 Å². The van der Waals surface area contributed by atoms with E-state index < -0.39 is 0 Å². The number of allylic oxidation sites excluding steroid dienone is 1. The smallest absolute Gasteiger partial charge is 0.117 e. The SMILES string of the molecule is CCO.[CH2-]C=C(OCC)OCC.[CH]1[CH][CH][CH][CH]1.[CH]1[CH][CH][CH][CH]1.[Zr]. The fraction of sp³-hybridized carbons (Fsp3) is 0.316. The minimum absolute atomic E-state index is 0. The van der Waals surface area contributed by atoms with Gasteiger partial charge < -0.3 is 14.6 Å². The minimum Gasteiger partial charge on any atom is -0.550 e. The van der Waals surface area contributed by atoms with Gasteiger partial charge in [0.05, 0.1) is 13.2 Å². The largest absolute Gasteiger partial charge is 0.550 e. The third-order valence-electron chi connectivity index (χ3n) is 1.85. The molecule has 0 aromatic rings. The van der Waals surface area contributed by atoms with Crippen LogP contribution in [0.4, 0.5) is 0 Å². The van der Waals surface area contributed by atoms with E-state index in [1.54, 1.807) is 13.0 Å².